The van der Waals surface area contributed by atoms with Crippen molar-refractivity contribution in [1.29, 1.82) is 0 Å². The van der Waals surface area contributed by atoms with E-state index in [1.165, 1.54) is 11.8 Å². The molecular formula is C11H22N2O3S. The molecule has 2 atom stereocenters. The van der Waals surface area contributed by atoms with E-state index in [0.29, 0.717) is 0 Å². The number of hydrazine groups is 1. The molecule has 0 rings (SSSR count). The van der Waals surface area contributed by atoms with Gasteiger partial charge in [0, 0.05) is 11.2 Å². The van der Waals surface area contributed by atoms with Crippen molar-refractivity contribution < 1.29 is 14.3 Å². The van der Waals surface area contributed by atoms with Crippen LogP contribution in [-0.4, -0.2) is 28.5 Å². The average Bonchev–Trinajstić information content (AvgIpc) is 2.21. The molecular weight excluding hydrogens is 240 g/mol. The van der Waals surface area contributed by atoms with Gasteiger partial charge in [0.25, 0.3) is 0 Å². The number of carbonyl (C=O) groups excluding carboxylic acids is 2. The number of amides is 1. The summed E-state index contributed by atoms with van der Waals surface area (Å²) in [5.74, 6) is 4.55. The van der Waals surface area contributed by atoms with Gasteiger partial charge < -0.3 is 4.74 Å². The van der Waals surface area contributed by atoms with E-state index in [1.807, 2.05) is 27.7 Å². The third-order valence-electron chi connectivity index (χ3n) is 2.14. The Hall–Kier alpha value is -0.750. The Morgan fingerprint density at radius 1 is 1.35 bits per heavy atom. The monoisotopic (exact) mass is 262 g/mol. The fourth-order valence-electron chi connectivity index (χ4n) is 1.06. The number of nitrogens with two attached hydrogens (primary N) is 1. The van der Waals surface area contributed by atoms with Crippen molar-refractivity contribution in [3.8, 4) is 0 Å². The van der Waals surface area contributed by atoms with Crippen LogP contribution in [0.5, 0.6) is 0 Å². The lowest BCUT2D eigenvalue weighted by Crippen LogP contribution is -2.38. The highest BCUT2D eigenvalue weighted by Crippen LogP contribution is 2.20. The standard InChI is InChI=1S/C11H22N2O3S/c1-7(10(15)13-12)8(2)17-6-9(14)16-11(3,4)5/h7-8H,6,12H2,1-5H3,(H,13,15). The van der Waals surface area contributed by atoms with Crippen molar-refractivity contribution in [1.82, 2.24) is 5.43 Å². The lowest BCUT2D eigenvalue weighted by atomic mass is 10.1. The van der Waals surface area contributed by atoms with Crippen LogP contribution >= 0.6 is 11.8 Å². The Balaban J connectivity index is 4.04. The zero-order valence-electron chi connectivity index (χ0n) is 11.1. The zero-order chi connectivity index (χ0) is 13.6. The van der Waals surface area contributed by atoms with Gasteiger partial charge in [0.2, 0.25) is 5.91 Å². The number of carbonyl (C=O) groups is 2. The van der Waals surface area contributed by atoms with Gasteiger partial charge in [-0.05, 0) is 20.8 Å². The third-order valence-corrected chi connectivity index (χ3v) is 3.48. The van der Waals surface area contributed by atoms with Crippen molar-refractivity contribution >= 4 is 23.6 Å². The molecule has 0 aromatic carbocycles. The summed E-state index contributed by atoms with van der Waals surface area (Å²) in [5.41, 5.74) is 1.63. The highest BCUT2D eigenvalue weighted by atomic mass is 32.2. The van der Waals surface area contributed by atoms with E-state index in [-0.39, 0.29) is 28.8 Å². The van der Waals surface area contributed by atoms with Crippen LogP contribution in [0.1, 0.15) is 34.6 Å². The molecule has 0 aromatic rings. The summed E-state index contributed by atoms with van der Waals surface area (Å²) >= 11 is 1.39. The quantitative estimate of drug-likeness (QED) is 0.335. The lowest BCUT2D eigenvalue weighted by molar-refractivity contribution is -0.151. The molecule has 0 aliphatic heterocycles. The first-order chi connectivity index (χ1) is 7.67. The minimum Gasteiger partial charge on any atom is -0.459 e. The van der Waals surface area contributed by atoms with Crippen LogP contribution in [0.3, 0.4) is 0 Å². The van der Waals surface area contributed by atoms with Gasteiger partial charge in [-0.25, -0.2) is 5.84 Å². The fraction of sp³-hybridized carbons (Fsp3) is 0.818. The molecule has 0 aromatic heterocycles. The summed E-state index contributed by atoms with van der Waals surface area (Å²) in [6.07, 6.45) is 0. The van der Waals surface area contributed by atoms with Crippen molar-refractivity contribution in [3.63, 3.8) is 0 Å². The van der Waals surface area contributed by atoms with Gasteiger partial charge in [-0.15, -0.1) is 11.8 Å². The highest BCUT2D eigenvalue weighted by molar-refractivity contribution is 8.00. The van der Waals surface area contributed by atoms with Crippen molar-refractivity contribution in [2.75, 3.05) is 5.75 Å². The summed E-state index contributed by atoms with van der Waals surface area (Å²) in [5, 5.41) is 0.00562. The number of rotatable bonds is 5. The molecule has 100 valence electrons. The fourth-order valence-corrected chi connectivity index (χ4v) is 1.93. The second kappa shape index (κ2) is 6.86. The third kappa shape index (κ3) is 7.23. The van der Waals surface area contributed by atoms with E-state index in [1.54, 1.807) is 6.92 Å². The van der Waals surface area contributed by atoms with Crippen LogP contribution in [-0.2, 0) is 14.3 Å². The Kier molecular flexibility index (Phi) is 6.56. The molecule has 0 bridgehead atoms. The first-order valence-corrected chi connectivity index (χ1v) is 6.56. The van der Waals surface area contributed by atoms with E-state index >= 15 is 0 Å². The molecule has 0 spiro atoms. The Bertz CT molecular complexity index is 276. The predicted octanol–water partition coefficient (Wildman–Crippen LogP) is 1.08. The van der Waals surface area contributed by atoms with E-state index in [2.05, 4.69) is 5.43 Å². The maximum atomic E-state index is 11.5. The van der Waals surface area contributed by atoms with Gasteiger partial charge in [0.05, 0.1) is 5.75 Å². The van der Waals surface area contributed by atoms with Crippen LogP contribution in [0.4, 0.5) is 0 Å². The molecule has 1 amide bonds. The molecule has 0 radical (unpaired) electrons. The molecule has 17 heavy (non-hydrogen) atoms. The van der Waals surface area contributed by atoms with Gasteiger partial charge in [-0.3, -0.25) is 15.0 Å². The topological polar surface area (TPSA) is 81.4 Å². The van der Waals surface area contributed by atoms with Crippen LogP contribution in [0.2, 0.25) is 0 Å². The Morgan fingerprint density at radius 2 is 1.88 bits per heavy atom. The minimum absolute atomic E-state index is 0.00562. The smallest absolute Gasteiger partial charge is 0.316 e. The molecule has 5 nitrogen and oxygen atoms in total. The molecule has 0 heterocycles. The molecule has 0 aliphatic rings. The van der Waals surface area contributed by atoms with Gasteiger partial charge in [-0.1, -0.05) is 13.8 Å². The molecule has 2 unspecified atom stereocenters. The molecule has 0 saturated heterocycles. The summed E-state index contributed by atoms with van der Waals surface area (Å²) in [6.45, 7) is 9.13. The maximum absolute atomic E-state index is 11.5. The molecule has 0 fully saturated rings. The molecule has 0 saturated carbocycles. The minimum atomic E-state index is -0.471. The van der Waals surface area contributed by atoms with Crippen molar-refractivity contribution in [2.45, 2.75) is 45.5 Å². The molecule has 6 heteroatoms. The van der Waals surface area contributed by atoms with Gasteiger partial charge in [0.15, 0.2) is 0 Å². The van der Waals surface area contributed by atoms with Gasteiger partial charge >= 0.3 is 5.97 Å². The number of esters is 1. The molecule has 0 aliphatic carbocycles. The Morgan fingerprint density at radius 3 is 2.29 bits per heavy atom. The lowest BCUT2D eigenvalue weighted by Gasteiger charge is -2.21. The number of hydrogen-bond donors (Lipinski definition) is 2. The average molecular weight is 262 g/mol. The van der Waals surface area contributed by atoms with Crippen LogP contribution in [0.25, 0.3) is 0 Å². The van der Waals surface area contributed by atoms with Crippen LogP contribution in [0, 0.1) is 5.92 Å². The number of thioether (sulfide) groups is 1. The summed E-state index contributed by atoms with van der Waals surface area (Å²) < 4.78 is 5.17. The second-order valence-electron chi connectivity index (χ2n) is 4.90. The summed E-state index contributed by atoms with van der Waals surface area (Å²) in [6, 6.07) is 0. The zero-order valence-corrected chi connectivity index (χ0v) is 11.9. The van der Waals surface area contributed by atoms with E-state index in [9.17, 15) is 9.59 Å². The SMILES string of the molecule is CC(SCC(=O)OC(C)(C)C)C(C)C(=O)NN. The van der Waals surface area contributed by atoms with E-state index < -0.39 is 5.60 Å². The number of ether oxygens (including phenoxy) is 1. The Labute approximate surface area is 107 Å². The van der Waals surface area contributed by atoms with Crippen molar-refractivity contribution in [2.24, 2.45) is 11.8 Å². The highest BCUT2D eigenvalue weighted by Gasteiger charge is 2.22. The summed E-state index contributed by atoms with van der Waals surface area (Å²) in [7, 11) is 0. The van der Waals surface area contributed by atoms with Gasteiger partial charge in [-0.2, -0.15) is 0 Å². The van der Waals surface area contributed by atoms with Crippen molar-refractivity contribution in [3.05, 3.63) is 0 Å². The normalized spacial score (nSPS) is 14.9. The van der Waals surface area contributed by atoms with Gasteiger partial charge in [0.1, 0.15) is 5.60 Å². The van der Waals surface area contributed by atoms with E-state index in [0.717, 1.165) is 0 Å². The summed E-state index contributed by atoms with van der Waals surface area (Å²) in [4.78, 5) is 22.7. The molecule has 3 N–H and O–H groups in total. The largest absolute Gasteiger partial charge is 0.459 e. The first-order valence-electron chi connectivity index (χ1n) is 5.51. The maximum Gasteiger partial charge on any atom is 0.316 e. The second-order valence-corrected chi connectivity index (χ2v) is 6.27. The van der Waals surface area contributed by atoms with E-state index in [4.69, 9.17) is 10.6 Å². The first kappa shape index (κ1) is 16.2. The van der Waals surface area contributed by atoms with Crippen LogP contribution in [0.15, 0.2) is 0 Å². The van der Waals surface area contributed by atoms with Crippen LogP contribution < -0.4 is 11.3 Å². The number of hydrogen-bond acceptors (Lipinski definition) is 5. The predicted molar refractivity (Wildman–Crippen MR) is 69.3 cm³/mol. The number of nitrogens with one attached hydrogen (secondary N) is 1.